The molecule has 0 unspecified atom stereocenters. The molecule has 0 N–H and O–H groups in total. The Morgan fingerprint density at radius 1 is 0.700 bits per heavy atom. The minimum absolute atomic E-state index is 0. The summed E-state index contributed by atoms with van der Waals surface area (Å²) in [5.41, 5.74) is 0. The Bertz CT molecular complexity index is 23.9. The van der Waals surface area contributed by atoms with Gasteiger partial charge in [-0.05, 0) is 0 Å². The fourth-order valence-corrected chi connectivity index (χ4v) is 0.500. The number of unbranched alkanes of at least 4 members (excludes halogenated alkanes) is 3. The summed E-state index contributed by atoms with van der Waals surface area (Å²) in [6, 6.07) is 0. The predicted octanol–water partition coefficient (Wildman–Crippen LogP) is 1.01. The van der Waals surface area contributed by atoms with Crippen LogP contribution in [0.2, 0.25) is 0 Å². The highest BCUT2D eigenvalue weighted by atomic mass is 35.5. The Morgan fingerprint density at radius 2 is 0.900 bits per heavy atom. The van der Waals surface area contributed by atoms with E-state index in [1.165, 1.54) is 32.1 Å². The minimum Gasteiger partial charge on any atom is -1.00 e. The maximum Gasteiger partial charge on any atom is -0.0536 e. The van der Waals surface area contributed by atoms with Crippen LogP contribution in [0.1, 0.15) is 59.8 Å². The second-order valence-corrected chi connectivity index (χ2v) is 2.41. The molecule has 0 atom stereocenters. The zero-order valence-electron chi connectivity index (χ0n) is 7.91. The standard InChI is InChI=1S/C6H14.C3H8.ClH/c1-3-5-6-4-2;1-3-2;/h3-6H2,1-2H3;3H2,1-2H3;1H/p-1. The lowest BCUT2D eigenvalue weighted by molar-refractivity contribution is -0.00000230. The first-order valence-electron chi connectivity index (χ1n) is 4.33. The summed E-state index contributed by atoms with van der Waals surface area (Å²) >= 11 is 0. The van der Waals surface area contributed by atoms with Gasteiger partial charge in [-0.15, -0.1) is 0 Å². The molecular weight excluding hydrogens is 144 g/mol. The van der Waals surface area contributed by atoms with Crippen LogP contribution in [0.5, 0.6) is 0 Å². The number of hydrogen-bond acceptors (Lipinski definition) is 0. The van der Waals surface area contributed by atoms with Gasteiger partial charge in [-0.1, -0.05) is 59.8 Å². The average molecular weight is 166 g/mol. The van der Waals surface area contributed by atoms with E-state index < -0.39 is 0 Å². The van der Waals surface area contributed by atoms with Crippen LogP contribution in [0, 0.1) is 0 Å². The van der Waals surface area contributed by atoms with Gasteiger partial charge in [0, 0.05) is 0 Å². The van der Waals surface area contributed by atoms with Crippen molar-refractivity contribution < 1.29 is 12.4 Å². The molecule has 0 saturated heterocycles. The third kappa shape index (κ3) is 40.7. The highest BCUT2D eigenvalue weighted by Crippen LogP contribution is 1.95. The van der Waals surface area contributed by atoms with Crippen molar-refractivity contribution in [1.29, 1.82) is 0 Å². The SMILES string of the molecule is CCC.CCCCCC.[Cl-]. The van der Waals surface area contributed by atoms with Gasteiger partial charge in [0.25, 0.3) is 0 Å². The second-order valence-electron chi connectivity index (χ2n) is 2.41. The van der Waals surface area contributed by atoms with E-state index >= 15 is 0 Å². The van der Waals surface area contributed by atoms with Gasteiger partial charge in [0.2, 0.25) is 0 Å². The maximum atomic E-state index is 2.23. The Morgan fingerprint density at radius 3 is 1.00 bits per heavy atom. The monoisotopic (exact) mass is 165 g/mol. The molecule has 0 aliphatic heterocycles. The summed E-state index contributed by atoms with van der Waals surface area (Å²) in [5, 5.41) is 0. The lowest BCUT2D eigenvalue weighted by Gasteiger charge is -1.86. The largest absolute Gasteiger partial charge is 1.00 e. The molecule has 0 bridgehead atoms. The summed E-state index contributed by atoms with van der Waals surface area (Å²) in [7, 11) is 0. The van der Waals surface area contributed by atoms with Gasteiger partial charge < -0.3 is 12.4 Å². The molecule has 0 radical (unpaired) electrons. The summed E-state index contributed by atoms with van der Waals surface area (Å²) < 4.78 is 0. The summed E-state index contributed by atoms with van der Waals surface area (Å²) in [6.07, 6.45) is 6.79. The molecule has 0 aromatic heterocycles. The predicted molar refractivity (Wildman–Crippen MR) is 45.8 cm³/mol. The first-order chi connectivity index (χ1) is 4.33. The summed E-state index contributed by atoms with van der Waals surface area (Å²) in [6.45, 7) is 8.71. The molecule has 0 amide bonds. The molecule has 0 aromatic rings. The average Bonchev–Trinajstić information content (AvgIpc) is 1.86. The van der Waals surface area contributed by atoms with Gasteiger partial charge in [0.15, 0.2) is 0 Å². The Balaban J connectivity index is -0.000000107. The van der Waals surface area contributed by atoms with Crippen LogP contribution in [0.4, 0.5) is 0 Å². The fraction of sp³-hybridized carbons (Fsp3) is 1.00. The molecule has 0 aliphatic carbocycles. The van der Waals surface area contributed by atoms with E-state index in [1.54, 1.807) is 0 Å². The van der Waals surface area contributed by atoms with Gasteiger partial charge in [-0.3, -0.25) is 0 Å². The van der Waals surface area contributed by atoms with Crippen LogP contribution >= 0.6 is 0 Å². The highest BCUT2D eigenvalue weighted by Gasteiger charge is 1.75. The van der Waals surface area contributed by atoms with E-state index in [0.717, 1.165) is 0 Å². The smallest absolute Gasteiger partial charge is 0.0536 e. The van der Waals surface area contributed by atoms with Crippen LogP contribution in [-0.2, 0) is 0 Å². The second kappa shape index (κ2) is 22.8. The molecule has 0 nitrogen and oxygen atoms in total. The lowest BCUT2D eigenvalue weighted by Crippen LogP contribution is -3.00. The Labute approximate surface area is 72.8 Å². The molecule has 0 aliphatic rings. The summed E-state index contributed by atoms with van der Waals surface area (Å²) in [4.78, 5) is 0. The quantitative estimate of drug-likeness (QED) is 0.548. The molecule has 10 heavy (non-hydrogen) atoms. The minimum atomic E-state index is 0. The van der Waals surface area contributed by atoms with E-state index in [9.17, 15) is 0 Å². The zero-order chi connectivity index (χ0) is 7.54. The van der Waals surface area contributed by atoms with Crippen LogP contribution in [0.15, 0.2) is 0 Å². The molecule has 0 fully saturated rings. The molecule has 0 aromatic carbocycles. The van der Waals surface area contributed by atoms with Crippen LogP contribution in [0.3, 0.4) is 0 Å². The zero-order valence-corrected chi connectivity index (χ0v) is 8.67. The van der Waals surface area contributed by atoms with Gasteiger partial charge in [-0.2, -0.15) is 0 Å². The van der Waals surface area contributed by atoms with E-state index in [4.69, 9.17) is 0 Å². The molecule has 66 valence electrons. The molecule has 0 saturated carbocycles. The van der Waals surface area contributed by atoms with Crippen LogP contribution in [0.25, 0.3) is 0 Å². The van der Waals surface area contributed by atoms with Crippen molar-refractivity contribution in [2.24, 2.45) is 0 Å². The lowest BCUT2D eigenvalue weighted by atomic mass is 10.2. The topological polar surface area (TPSA) is 0 Å². The number of halogens is 1. The third-order valence-electron chi connectivity index (χ3n) is 0.957. The summed E-state index contributed by atoms with van der Waals surface area (Å²) in [5.74, 6) is 0. The van der Waals surface area contributed by atoms with Crippen molar-refractivity contribution in [1.82, 2.24) is 0 Å². The number of rotatable bonds is 3. The van der Waals surface area contributed by atoms with E-state index in [0.29, 0.717) is 0 Å². The molecule has 0 spiro atoms. The fourth-order valence-electron chi connectivity index (χ4n) is 0.500. The third-order valence-corrected chi connectivity index (χ3v) is 0.957. The number of hydrogen-bond donors (Lipinski definition) is 0. The van der Waals surface area contributed by atoms with Gasteiger partial charge in [-0.25, -0.2) is 0 Å². The van der Waals surface area contributed by atoms with Crippen molar-refractivity contribution >= 4 is 0 Å². The Kier molecular flexibility index (Phi) is 38.1. The van der Waals surface area contributed by atoms with E-state index in [-0.39, 0.29) is 12.4 Å². The molecular formula is C9H22Cl-. The van der Waals surface area contributed by atoms with Crippen molar-refractivity contribution in [2.45, 2.75) is 59.8 Å². The van der Waals surface area contributed by atoms with Crippen molar-refractivity contribution in [2.75, 3.05) is 0 Å². The normalized spacial score (nSPS) is 7.20. The van der Waals surface area contributed by atoms with Crippen molar-refractivity contribution in [3.05, 3.63) is 0 Å². The van der Waals surface area contributed by atoms with E-state index in [1.807, 2.05) is 0 Å². The first-order valence-corrected chi connectivity index (χ1v) is 4.33. The maximum absolute atomic E-state index is 2.23. The highest BCUT2D eigenvalue weighted by molar-refractivity contribution is 4.31. The molecule has 0 heterocycles. The first kappa shape index (κ1) is 16.7. The van der Waals surface area contributed by atoms with Crippen LogP contribution in [-0.4, -0.2) is 0 Å². The molecule has 0 rings (SSSR count). The van der Waals surface area contributed by atoms with Gasteiger partial charge >= 0.3 is 0 Å². The Hall–Kier alpha value is 0.290. The van der Waals surface area contributed by atoms with Gasteiger partial charge in [0.1, 0.15) is 0 Å². The molecule has 1 heteroatoms. The van der Waals surface area contributed by atoms with Crippen molar-refractivity contribution in [3.63, 3.8) is 0 Å². The van der Waals surface area contributed by atoms with Gasteiger partial charge in [0.05, 0.1) is 0 Å². The van der Waals surface area contributed by atoms with E-state index in [2.05, 4.69) is 27.7 Å². The van der Waals surface area contributed by atoms with Crippen LogP contribution < -0.4 is 12.4 Å². The van der Waals surface area contributed by atoms with Crippen molar-refractivity contribution in [3.8, 4) is 0 Å².